The van der Waals surface area contributed by atoms with Crippen LogP contribution in [0.5, 0.6) is 5.75 Å². The minimum Gasteiger partial charge on any atom is -0.491 e. The zero-order valence-electron chi connectivity index (χ0n) is 11.7. The molecule has 1 aromatic carbocycles. The third-order valence-corrected chi connectivity index (χ3v) is 3.09. The first-order valence-corrected chi connectivity index (χ1v) is 6.69. The second-order valence-electron chi connectivity index (χ2n) is 5.29. The van der Waals surface area contributed by atoms with E-state index in [4.69, 9.17) is 9.47 Å². The molecule has 1 aliphatic rings. The molecular formula is C15H23NO2. The van der Waals surface area contributed by atoms with E-state index in [0.29, 0.717) is 0 Å². The highest BCUT2D eigenvalue weighted by Gasteiger charge is 2.20. The minimum absolute atomic E-state index is 0.153. The van der Waals surface area contributed by atoms with Crippen LogP contribution in [0.25, 0.3) is 0 Å². The van der Waals surface area contributed by atoms with Crippen LogP contribution in [0.15, 0.2) is 18.2 Å². The lowest BCUT2D eigenvalue weighted by molar-refractivity contribution is -0.0287. The molecule has 0 saturated carbocycles. The smallest absolute Gasteiger partial charge is 0.122 e. The Morgan fingerprint density at radius 3 is 2.72 bits per heavy atom. The van der Waals surface area contributed by atoms with Crippen molar-refractivity contribution in [1.82, 2.24) is 5.32 Å². The maximum atomic E-state index is 5.94. The highest BCUT2D eigenvalue weighted by Crippen LogP contribution is 2.27. The van der Waals surface area contributed by atoms with E-state index in [0.717, 1.165) is 18.8 Å². The van der Waals surface area contributed by atoms with E-state index < -0.39 is 0 Å². The van der Waals surface area contributed by atoms with Crippen LogP contribution in [0, 0.1) is 6.92 Å². The third kappa shape index (κ3) is 3.24. The number of ether oxygens (including phenoxy) is 2. The molecular weight excluding hydrogens is 226 g/mol. The second kappa shape index (κ2) is 5.72. The van der Waals surface area contributed by atoms with E-state index in [1.54, 1.807) is 0 Å². The van der Waals surface area contributed by atoms with Gasteiger partial charge in [0.25, 0.3) is 0 Å². The Hall–Kier alpha value is -1.06. The molecule has 0 bridgehead atoms. The molecule has 1 heterocycles. The lowest BCUT2D eigenvalue weighted by Crippen LogP contribution is -2.38. The zero-order valence-corrected chi connectivity index (χ0v) is 11.7. The lowest BCUT2D eigenvalue weighted by atomic mass is 10.0. The predicted octanol–water partition coefficient (Wildman–Crippen LogP) is 2.83. The van der Waals surface area contributed by atoms with E-state index in [9.17, 15) is 0 Å². The molecule has 1 N–H and O–H groups in total. The SMILES string of the molecule is Cc1cc(C2CNCC(C)O2)ccc1OC(C)C. The number of rotatable bonds is 3. The van der Waals surface area contributed by atoms with Crippen molar-refractivity contribution in [2.24, 2.45) is 0 Å². The fourth-order valence-corrected chi connectivity index (χ4v) is 2.25. The van der Waals surface area contributed by atoms with Gasteiger partial charge >= 0.3 is 0 Å². The summed E-state index contributed by atoms with van der Waals surface area (Å²) < 4.78 is 11.7. The molecule has 2 atom stereocenters. The molecule has 1 aromatic rings. The number of benzene rings is 1. The average molecular weight is 249 g/mol. The van der Waals surface area contributed by atoms with Crippen LogP contribution in [-0.2, 0) is 4.74 Å². The Balaban J connectivity index is 2.12. The van der Waals surface area contributed by atoms with Gasteiger partial charge in [0.05, 0.1) is 18.3 Å². The van der Waals surface area contributed by atoms with Gasteiger partial charge in [0, 0.05) is 13.1 Å². The molecule has 3 nitrogen and oxygen atoms in total. The summed E-state index contributed by atoms with van der Waals surface area (Å²) in [4.78, 5) is 0. The molecule has 0 aliphatic carbocycles. The molecule has 18 heavy (non-hydrogen) atoms. The fourth-order valence-electron chi connectivity index (χ4n) is 2.25. The first kappa shape index (κ1) is 13.4. The van der Waals surface area contributed by atoms with E-state index in [2.05, 4.69) is 31.3 Å². The van der Waals surface area contributed by atoms with Crippen molar-refractivity contribution >= 4 is 0 Å². The first-order chi connectivity index (χ1) is 8.56. The summed E-state index contributed by atoms with van der Waals surface area (Å²) in [6.07, 6.45) is 0.637. The van der Waals surface area contributed by atoms with Crippen LogP contribution < -0.4 is 10.1 Å². The van der Waals surface area contributed by atoms with E-state index in [-0.39, 0.29) is 18.3 Å². The molecule has 2 rings (SSSR count). The van der Waals surface area contributed by atoms with Gasteiger partial charge < -0.3 is 14.8 Å². The molecule has 3 heteroatoms. The van der Waals surface area contributed by atoms with Gasteiger partial charge in [-0.15, -0.1) is 0 Å². The molecule has 0 spiro atoms. The van der Waals surface area contributed by atoms with E-state index in [1.807, 2.05) is 19.9 Å². The second-order valence-corrected chi connectivity index (χ2v) is 5.29. The Morgan fingerprint density at radius 1 is 1.33 bits per heavy atom. The highest BCUT2D eigenvalue weighted by molar-refractivity contribution is 5.37. The largest absolute Gasteiger partial charge is 0.491 e. The minimum atomic E-state index is 0.153. The summed E-state index contributed by atoms with van der Waals surface area (Å²) in [5.41, 5.74) is 2.39. The highest BCUT2D eigenvalue weighted by atomic mass is 16.5. The van der Waals surface area contributed by atoms with Crippen molar-refractivity contribution in [2.45, 2.75) is 46.0 Å². The summed E-state index contributed by atoms with van der Waals surface area (Å²) >= 11 is 0. The van der Waals surface area contributed by atoms with Gasteiger partial charge in [-0.25, -0.2) is 0 Å². The number of morpholine rings is 1. The van der Waals surface area contributed by atoms with Gasteiger partial charge in [0.1, 0.15) is 5.75 Å². The number of aryl methyl sites for hydroxylation is 1. The predicted molar refractivity (Wildman–Crippen MR) is 73.1 cm³/mol. The maximum Gasteiger partial charge on any atom is 0.122 e. The molecule has 0 aromatic heterocycles. The number of hydrogen-bond acceptors (Lipinski definition) is 3. The Kier molecular flexibility index (Phi) is 4.25. The Morgan fingerprint density at radius 2 is 2.11 bits per heavy atom. The molecule has 100 valence electrons. The fraction of sp³-hybridized carbons (Fsp3) is 0.600. The van der Waals surface area contributed by atoms with Crippen LogP contribution >= 0.6 is 0 Å². The van der Waals surface area contributed by atoms with E-state index >= 15 is 0 Å². The van der Waals surface area contributed by atoms with Gasteiger partial charge in [-0.3, -0.25) is 0 Å². The summed E-state index contributed by atoms with van der Waals surface area (Å²) in [7, 11) is 0. The van der Waals surface area contributed by atoms with Crippen molar-refractivity contribution in [3.63, 3.8) is 0 Å². The molecule has 0 radical (unpaired) electrons. The molecule has 1 saturated heterocycles. The quantitative estimate of drug-likeness (QED) is 0.893. The van der Waals surface area contributed by atoms with Crippen molar-refractivity contribution in [3.05, 3.63) is 29.3 Å². The van der Waals surface area contributed by atoms with Crippen LogP contribution in [0.3, 0.4) is 0 Å². The average Bonchev–Trinajstić information content (AvgIpc) is 2.31. The maximum absolute atomic E-state index is 5.94. The monoisotopic (exact) mass is 249 g/mol. The van der Waals surface area contributed by atoms with Gasteiger partial charge in [-0.2, -0.15) is 0 Å². The van der Waals surface area contributed by atoms with Crippen LogP contribution in [0.1, 0.15) is 38.0 Å². The topological polar surface area (TPSA) is 30.5 Å². The normalized spacial score (nSPS) is 24.3. The third-order valence-electron chi connectivity index (χ3n) is 3.09. The van der Waals surface area contributed by atoms with Gasteiger partial charge in [0.15, 0.2) is 0 Å². The van der Waals surface area contributed by atoms with Crippen molar-refractivity contribution in [2.75, 3.05) is 13.1 Å². The van der Waals surface area contributed by atoms with Crippen LogP contribution in [0.2, 0.25) is 0 Å². The summed E-state index contributed by atoms with van der Waals surface area (Å²) in [6.45, 7) is 10.1. The van der Waals surface area contributed by atoms with Crippen LogP contribution in [-0.4, -0.2) is 25.3 Å². The van der Waals surface area contributed by atoms with Crippen molar-refractivity contribution in [1.29, 1.82) is 0 Å². The van der Waals surface area contributed by atoms with E-state index in [1.165, 1.54) is 11.1 Å². The van der Waals surface area contributed by atoms with Crippen LogP contribution in [0.4, 0.5) is 0 Å². The Labute approximate surface area is 109 Å². The first-order valence-electron chi connectivity index (χ1n) is 6.69. The summed E-state index contributed by atoms with van der Waals surface area (Å²) in [6, 6.07) is 6.32. The van der Waals surface area contributed by atoms with Gasteiger partial charge in [-0.05, 0) is 51.0 Å². The van der Waals surface area contributed by atoms with Crippen molar-refractivity contribution in [3.8, 4) is 5.75 Å². The van der Waals surface area contributed by atoms with Gasteiger partial charge in [0.2, 0.25) is 0 Å². The number of hydrogen-bond donors (Lipinski definition) is 1. The molecule has 1 fully saturated rings. The standard InChI is InChI=1S/C15H23NO2/c1-10(2)17-14-6-5-13(7-11(14)3)15-9-16-8-12(4)18-15/h5-7,10,12,15-16H,8-9H2,1-4H3. The Bertz CT molecular complexity index is 403. The van der Waals surface area contributed by atoms with Gasteiger partial charge in [-0.1, -0.05) is 6.07 Å². The number of nitrogens with one attached hydrogen (secondary N) is 1. The van der Waals surface area contributed by atoms with Crippen molar-refractivity contribution < 1.29 is 9.47 Å². The zero-order chi connectivity index (χ0) is 13.1. The summed E-state index contributed by atoms with van der Waals surface area (Å²) in [5.74, 6) is 0.963. The summed E-state index contributed by atoms with van der Waals surface area (Å²) in [5, 5.41) is 3.39. The molecule has 2 unspecified atom stereocenters. The lowest BCUT2D eigenvalue weighted by Gasteiger charge is -2.29. The molecule has 0 amide bonds. The molecule has 1 aliphatic heterocycles.